The first-order valence-corrected chi connectivity index (χ1v) is 6.55. The SMILES string of the molecule is CC(C(=O)NCC(C(=O)O)c1ccccc1)=C1CNC1. The van der Waals surface area contributed by atoms with Crippen LogP contribution in [0.5, 0.6) is 0 Å². The molecule has 3 N–H and O–H groups in total. The van der Waals surface area contributed by atoms with Gasteiger partial charge >= 0.3 is 5.97 Å². The maximum absolute atomic E-state index is 11.9. The number of carboxylic acid groups (broad SMARTS) is 1. The number of hydrogen-bond donors (Lipinski definition) is 3. The molecule has 2 rings (SSSR count). The summed E-state index contributed by atoms with van der Waals surface area (Å²) in [7, 11) is 0. The van der Waals surface area contributed by atoms with Gasteiger partial charge in [0.25, 0.3) is 0 Å². The van der Waals surface area contributed by atoms with Crippen LogP contribution in [0.3, 0.4) is 0 Å². The summed E-state index contributed by atoms with van der Waals surface area (Å²) in [4.78, 5) is 23.3. The van der Waals surface area contributed by atoms with Gasteiger partial charge in [0.05, 0.1) is 5.92 Å². The molecular weight excluding hydrogens is 256 g/mol. The molecule has 1 fully saturated rings. The fourth-order valence-corrected chi connectivity index (χ4v) is 2.04. The predicted molar refractivity (Wildman–Crippen MR) is 75.4 cm³/mol. The second-order valence-electron chi connectivity index (χ2n) is 4.84. The number of rotatable bonds is 5. The Hall–Kier alpha value is -2.14. The number of carboxylic acids is 1. The van der Waals surface area contributed by atoms with Crippen molar-refractivity contribution >= 4 is 11.9 Å². The molecule has 1 aliphatic rings. The van der Waals surface area contributed by atoms with Crippen LogP contribution in [0.2, 0.25) is 0 Å². The molecule has 0 aromatic heterocycles. The molecule has 5 heteroatoms. The molecule has 1 heterocycles. The first kappa shape index (κ1) is 14.3. The molecular formula is C15H18N2O3. The summed E-state index contributed by atoms with van der Waals surface area (Å²) in [6.07, 6.45) is 0. The van der Waals surface area contributed by atoms with E-state index in [4.69, 9.17) is 0 Å². The lowest BCUT2D eigenvalue weighted by Crippen LogP contribution is -2.38. The van der Waals surface area contributed by atoms with Crippen molar-refractivity contribution in [2.45, 2.75) is 12.8 Å². The summed E-state index contributed by atoms with van der Waals surface area (Å²) in [5.74, 6) is -1.85. The number of carbonyl (C=O) groups is 2. The normalized spacial score (nSPS) is 15.2. The Morgan fingerprint density at radius 2 is 1.95 bits per heavy atom. The highest BCUT2D eigenvalue weighted by Crippen LogP contribution is 2.15. The monoisotopic (exact) mass is 274 g/mol. The van der Waals surface area contributed by atoms with Gasteiger partial charge in [0.1, 0.15) is 0 Å². The fourth-order valence-electron chi connectivity index (χ4n) is 2.04. The van der Waals surface area contributed by atoms with Crippen molar-refractivity contribution in [2.24, 2.45) is 0 Å². The molecule has 0 radical (unpaired) electrons. The van der Waals surface area contributed by atoms with Gasteiger partial charge in [-0.05, 0) is 18.1 Å². The smallest absolute Gasteiger partial charge is 0.312 e. The zero-order chi connectivity index (χ0) is 14.5. The van der Waals surface area contributed by atoms with Crippen LogP contribution in [0, 0.1) is 0 Å². The summed E-state index contributed by atoms with van der Waals surface area (Å²) in [5.41, 5.74) is 2.45. The lowest BCUT2D eigenvalue weighted by atomic mass is 9.99. The van der Waals surface area contributed by atoms with Crippen LogP contribution in [0.25, 0.3) is 0 Å². The van der Waals surface area contributed by atoms with Gasteiger partial charge in [0.15, 0.2) is 0 Å². The third-order valence-electron chi connectivity index (χ3n) is 3.51. The number of carbonyl (C=O) groups excluding carboxylic acids is 1. The van der Waals surface area contributed by atoms with Gasteiger partial charge in [-0.15, -0.1) is 0 Å². The van der Waals surface area contributed by atoms with Gasteiger partial charge in [-0.3, -0.25) is 9.59 Å². The summed E-state index contributed by atoms with van der Waals surface area (Å²) >= 11 is 0. The number of aliphatic carboxylic acids is 1. The van der Waals surface area contributed by atoms with E-state index in [0.29, 0.717) is 11.1 Å². The van der Waals surface area contributed by atoms with Crippen molar-refractivity contribution in [3.63, 3.8) is 0 Å². The van der Waals surface area contributed by atoms with Crippen molar-refractivity contribution in [3.8, 4) is 0 Å². The second kappa shape index (κ2) is 6.34. The van der Waals surface area contributed by atoms with Crippen LogP contribution in [0.4, 0.5) is 0 Å². The lowest BCUT2D eigenvalue weighted by Gasteiger charge is -2.22. The largest absolute Gasteiger partial charge is 0.481 e. The Morgan fingerprint density at radius 3 is 2.45 bits per heavy atom. The van der Waals surface area contributed by atoms with E-state index in [1.165, 1.54) is 0 Å². The molecule has 1 aliphatic heterocycles. The van der Waals surface area contributed by atoms with Gasteiger partial charge in [-0.1, -0.05) is 30.3 Å². The molecule has 1 unspecified atom stereocenters. The molecule has 0 aliphatic carbocycles. The summed E-state index contributed by atoms with van der Waals surface area (Å²) < 4.78 is 0. The van der Waals surface area contributed by atoms with E-state index >= 15 is 0 Å². The third-order valence-corrected chi connectivity index (χ3v) is 3.51. The Morgan fingerprint density at radius 1 is 1.30 bits per heavy atom. The average Bonchev–Trinajstić information content (AvgIpc) is 2.37. The molecule has 0 saturated carbocycles. The van der Waals surface area contributed by atoms with E-state index in [9.17, 15) is 14.7 Å². The van der Waals surface area contributed by atoms with E-state index in [1.807, 2.05) is 6.07 Å². The van der Waals surface area contributed by atoms with Crippen molar-refractivity contribution in [2.75, 3.05) is 19.6 Å². The van der Waals surface area contributed by atoms with Gasteiger partial charge in [0, 0.05) is 25.2 Å². The minimum atomic E-state index is -0.938. The van der Waals surface area contributed by atoms with Crippen LogP contribution >= 0.6 is 0 Å². The van der Waals surface area contributed by atoms with Crippen LogP contribution in [-0.4, -0.2) is 36.6 Å². The van der Waals surface area contributed by atoms with Crippen LogP contribution in [-0.2, 0) is 9.59 Å². The summed E-state index contributed by atoms with van der Waals surface area (Å²) in [6, 6.07) is 8.93. The molecule has 1 atom stereocenters. The van der Waals surface area contributed by atoms with Gasteiger partial charge < -0.3 is 15.7 Å². The van der Waals surface area contributed by atoms with Crippen LogP contribution in [0.1, 0.15) is 18.4 Å². The van der Waals surface area contributed by atoms with E-state index in [-0.39, 0.29) is 12.5 Å². The number of hydrogen-bond acceptors (Lipinski definition) is 3. The fraction of sp³-hybridized carbons (Fsp3) is 0.333. The molecule has 5 nitrogen and oxygen atoms in total. The van der Waals surface area contributed by atoms with Crippen LogP contribution < -0.4 is 10.6 Å². The minimum absolute atomic E-state index is 0.0935. The third kappa shape index (κ3) is 3.24. The maximum atomic E-state index is 11.9. The van der Waals surface area contributed by atoms with Crippen molar-refractivity contribution in [1.82, 2.24) is 10.6 Å². The Balaban J connectivity index is 2.00. The van der Waals surface area contributed by atoms with Gasteiger partial charge in [0.2, 0.25) is 5.91 Å². The van der Waals surface area contributed by atoms with E-state index < -0.39 is 11.9 Å². The Kier molecular flexibility index (Phi) is 4.53. The minimum Gasteiger partial charge on any atom is -0.481 e. The number of amides is 1. The highest BCUT2D eigenvalue weighted by molar-refractivity contribution is 5.94. The van der Waals surface area contributed by atoms with Crippen molar-refractivity contribution in [1.29, 1.82) is 0 Å². The second-order valence-corrected chi connectivity index (χ2v) is 4.84. The van der Waals surface area contributed by atoms with Crippen molar-refractivity contribution < 1.29 is 14.7 Å². The topological polar surface area (TPSA) is 78.4 Å². The average molecular weight is 274 g/mol. The number of benzene rings is 1. The molecule has 0 bridgehead atoms. The zero-order valence-corrected chi connectivity index (χ0v) is 11.3. The highest BCUT2D eigenvalue weighted by Gasteiger charge is 2.22. The Labute approximate surface area is 117 Å². The Bertz CT molecular complexity index is 531. The maximum Gasteiger partial charge on any atom is 0.312 e. The molecule has 1 saturated heterocycles. The molecule has 106 valence electrons. The van der Waals surface area contributed by atoms with E-state index in [0.717, 1.165) is 18.7 Å². The quantitative estimate of drug-likeness (QED) is 0.697. The highest BCUT2D eigenvalue weighted by atomic mass is 16.4. The summed E-state index contributed by atoms with van der Waals surface area (Å²) in [5, 5.41) is 15.1. The van der Waals surface area contributed by atoms with Gasteiger partial charge in [-0.25, -0.2) is 0 Å². The van der Waals surface area contributed by atoms with Gasteiger partial charge in [-0.2, -0.15) is 0 Å². The standard InChI is InChI=1S/C15H18N2O3/c1-10(12-7-16-8-12)14(18)17-9-13(15(19)20)11-5-3-2-4-6-11/h2-6,13,16H,7-9H2,1H3,(H,17,18)(H,19,20). The van der Waals surface area contributed by atoms with Crippen molar-refractivity contribution in [3.05, 3.63) is 47.0 Å². The first-order valence-electron chi connectivity index (χ1n) is 6.55. The van der Waals surface area contributed by atoms with E-state index in [2.05, 4.69) is 10.6 Å². The van der Waals surface area contributed by atoms with E-state index in [1.54, 1.807) is 31.2 Å². The molecule has 0 spiro atoms. The van der Waals surface area contributed by atoms with Crippen LogP contribution in [0.15, 0.2) is 41.5 Å². The predicted octanol–water partition coefficient (Wildman–Crippen LogP) is 0.891. The first-order chi connectivity index (χ1) is 9.59. The lowest BCUT2D eigenvalue weighted by molar-refractivity contribution is -0.138. The molecule has 1 amide bonds. The zero-order valence-electron chi connectivity index (χ0n) is 11.3. The molecule has 1 aromatic rings. The molecule has 1 aromatic carbocycles. The summed E-state index contributed by atoms with van der Waals surface area (Å²) in [6.45, 7) is 3.33. The molecule has 20 heavy (non-hydrogen) atoms. The number of nitrogens with one attached hydrogen (secondary N) is 2.